The number of hydrogen-bond donors (Lipinski definition) is 0. The maximum atomic E-state index is 5.86. The molecule has 1 rings (SSSR count). The van der Waals surface area contributed by atoms with Gasteiger partial charge in [-0.2, -0.15) is 0 Å². The predicted octanol–water partition coefficient (Wildman–Crippen LogP) is 2.00. The van der Waals surface area contributed by atoms with Crippen molar-refractivity contribution in [1.82, 2.24) is 0 Å². The van der Waals surface area contributed by atoms with Crippen LogP contribution < -0.4 is 5.19 Å². The zero-order chi connectivity index (χ0) is 10.6. The van der Waals surface area contributed by atoms with E-state index >= 15 is 0 Å². The van der Waals surface area contributed by atoms with Crippen LogP contribution in [-0.4, -0.2) is 22.8 Å². The number of rotatable bonds is 4. The lowest BCUT2D eigenvalue weighted by molar-refractivity contribution is 0.265. The fraction of sp³-hybridized carbons (Fsp3) is 0.400. The Bertz CT molecular complexity index is 300. The highest BCUT2D eigenvalue weighted by atomic mass is 35.5. The van der Waals surface area contributed by atoms with Gasteiger partial charge in [-0.1, -0.05) is 24.3 Å². The van der Waals surface area contributed by atoms with Crippen LogP contribution in [0.5, 0.6) is 0 Å². The topological polar surface area (TPSA) is 18.5 Å². The normalized spacial score (nSPS) is 11.7. The van der Waals surface area contributed by atoms with Crippen LogP contribution in [0.2, 0.25) is 6.55 Å². The summed E-state index contributed by atoms with van der Waals surface area (Å²) >= 11 is 5.86. The zero-order valence-corrected chi connectivity index (χ0v) is 10.5. The monoisotopic (exact) mass is 230 g/mol. The van der Waals surface area contributed by atoms with E-state index in [-0.39, 0.29) is 0 Å². The molecule has 0 N–H and O–H groups in total. The Labute approximate surface area is 91.0 Å². The van der Waals surface area contributed by atoms with E-state index in [4.69, 9.17) is 20.5 Å². The third-order valence-electron chi connectivity index (χ3n) is 2.43. The van der Waals surface area contributed by atoms with Gasteiger partial charge in [0.2, 0.25) is 0 Å². The average Bonchev–Trinajstić information content (AvgIpc) is 2.28. The van der Waals surface area contributed by atoms with E-state index in [0.717, 1.165) is 10.8 Å². The molecule has 0 aromatic heterocycles. The van der Waals surface area contributed by atoms with Crippen molar-refractivity contribution >= 4 is 25.3 Å². The third kappa shape index (κ3) is 2.17. The maximum absolute atomic E-state index is 5.86. The first kappa shape index (κ1) is 11.7. The van der Waals surface area contributed by atoms with Crippen molar-refractivity contribution in [2.24, 2.45) is 0 Å². The lowest BCUT2D eigenvalue weighted by Crippen LogP contribution is -2.50. The number of hydrogen-bond acceptors (Lipinski definition) is 2. The molecular weight excluding hydrogens is 216 g/mol. The third-order valence-corrected chi connectivity index (χ3v) is 5.74. The fourth-order valence-electron chi connectivity index (χ4n) is 1.38. The Morgan fingerprint density at radius 3 is 2.29 bits per heavy atom. The SMILES string of the molecule is CO[Si](C)(OC)c1ccccc1CCl. The molecule has 0 unspecified atom stereocenters. The van der Waals surface area contributed by atoms with Crippen molar-refractivity contribution in [2.45, 2.75) is 12.4 Å². The molecule has 0 spiro atoms. The minimum atomic E-state index is -2.22. The zero-order valence-electron chi connectivity index (χ0n) is 8.71. The Morgan fingerprint density at radius 1 is 1.21 bits per heavy atom. The smallest absolute Gasteiger partial charge is 0.369 e. The molecule has 1 aromatic rings. The van der Waals surface area contributed by atoms with Crippen LogP contribution in [-0.2, 0) is 14.7 Å². The van der Waals surface area contributed by atoms with Crippen LogP contribution in [0.1, 0.15) is 5.56 Å². The van der Waals surface area contributed by atoms with Gasteiger partial charge < -0.3 is 8.85 Å². The molecule has 0 radical (unpaired) electrons. The second-order valence-electron chi connectivity index (χ2n) is 3.14. The van der Waals surface area contributed by atoms with E-state index in [9.17, 15) is 0 Å². The second kappa shape index (κ2) is 4.93. The molecule has 78 valence electrons. The van der Waals surface area contributed by atoms with Crippen LogP contribution >= 0.6 is 11.6 Å². The summed E-state index contributed by atoms with van der Waals surface area (Å²) in [4.78, 5) is 0. The molecule has 0 fully saturated rings. The van der Waals surface area contributed by atoms with E-state index in [1.54, 1.807) is 14.2 Å². The molecule has 1 aromatic carbocycles. The van der Waals surface area contributed by atoms with E-state index < -0.39 is 8.56 Å². The predicted molar refractivity (Wildman–Crippen MR) is 61.3 cm³/mol. The first-order valence-electron chi connectivity index (χ1n) is 4.42. The molecule has 0 aliphatic heterocycles. The van der Waals surface area contributed by atoms with Gasteiger partial charge in [0.25, 0.3) is 0 Å². The molecule has 0 saturated carbocycles. The summed E-state index contributed by atoms with van der Waals surface area (Å²) in [6, 6.07) is 7.98. The number of halogens is 1. The van der Waals surface area contributed by atoms with Crippen molar-refractivity contribution in [3.05, 3.63) is 29.8 Å². The van der Waals surface area contributed by atoms with Crippen LogP contribution in [0, 0.1) is 0 Å². The molecule has 0 saturated heterocycles. The molecule has 4 heteroatoms. The standard InChI is InChI=1S/C10H15ClO2Si/c1-12-14(3,13-2)10-7-5-4-6-9(10)8-11/h4-7H,8H2,1-3H3. The summed E-state index contributed by atoms with van der Waals surface area (Å²) in [6.07, 6.45) is 0. The molecule has 0 heterocycles. The Balaban J connectivity index is 3.15. The average molecular weight is 231 g/mol. The number of alkyl halides is 1. The molecule has 0 atom stereocenters. The molecule has 0 bridgehead atoms. The van der Waals surface area contributed by atoms with Crippen LogP contribution in [0.25, 0.3) is 0 Å². The highest BCUT2D eigenvalue weighted by Crippen LogP contribution is 2.10. The van der Waals surface area contributed by atoms with Gasteiger partial charge in [0.15, 0.2) is 0 Å². The minimum Gasteiger partial charge on any atom is -0.394 e. The minimum absolute atomic E-state index is 0.492. The Hall–Kier alpha value is -0.353. The first-order chi connectivity index (χ1) is 6.68. The van der Waals surface area contributed by atoms with Crippen LogP contribution in [0.4, 0.5) is 0 Å². The van der Waals surface area contributed by atoms with Crippen molar-refractivity contribution in [2.75, 3.05) is 14.2 Å². The molecular formula is C10H15ClO2Si. The van der Waals surface area contributed by atoms with Crippen molar-refractivity contribution < 1.29 is 8.85 Å². The van der Waals surface area contributed by atoms with E-state index in [1.165, 1.54) is 0 Å². The van der Waals surface area contributed by atoms with Crippen LogP contribution in [0.3, 0.4) is 0 Å². The van der Waals surface area contributed by atoms with Gasteiger partial charge >= 0.3 is 8.56 Å². The summed E-state index contributed by atoms with van der Waals surface area (Å²) in [7, 11) is 1.14. The first-order valence-corrected chi connectivity index (χ1v) is 7.27. The second-order valence-corrected chi connectivity index (χ2v) is 6.66. The molecule has 0 aliphatic rings. The lowest BCUT2D eigenvalue weighted by atomic mass is 10.2. The summed E-state index contributed by atoms with van der Waals surface area (Å²) in [5.74, 6) is 0.492. The summed E-state index contributed by atoms with van der Waals surface area (Å²) in [6.45, 7) is 2.01. The largest absolute Gasteiger partial charge is 0.394 e. The van der Waals surface area contributed by atoms with Crippen molar-refractivity contribution in [3.8, 4) is 0 Å². The van der Waals surface area contributed by atoms with E-state index in [2.05, 4.69) is 0 Å². The van der Waals surface area contributed by atoms with E-state index in [1.807, 2.05) is 30.8 Å². The van der Waals surface area contributed by atoms with Gasteiger partial charge in [0, 0.05) is 20.1 Å². The number of benzene rings is 1. The van der Waals surface area contributed by atoms with Gasteiger partial charge in [-0.05, 0) is 17.3 Å². The van der Waals surface area contributed by atoms with Gasteiger partial charge in [-0.3, -0.25) is 0 Å². The Kier molecular flexibility index (Phi) is 4.13. The summed E-state index contributed by atoms with van der Waals surface area (Å²) in [5.41, 5.74) is 1.09. The van der Waals surface area contributed by atoms with Crippen LogP contribution in [0.15, 0.2) is 24.3 Å². The van der Waals surface area contributed by atoms with Crippen molar-refractivity contribution in [3.63, 3.8) is 0 Å². The molecule has 0 amide bonds. The molecule has 2 nitrogen and oxygen atoms in total. The molecule has 14 heavy (non-hydrogen) atoms. The van der Waals surface area contributed by atoms with E-state index in [0.29, 0.717) is 5.88 Å². The highest BCUT2D eigenvalue weighted by Gasteiger charge is 2.33. The quantitative estimate of drug-likeness (QED) is 0.582. The maximum Gasteiger partial charge on any atom is 0.369 e. The summed E-state index contributed by atoms with van der Waals surface area (Å²) < 4.78 is 10.9. The van der Waals surface area contributed by atoms with Crippen molar-refractivity contribution in [1.29, 1.82) is 0 Å². The lowest BCUT2D eigenvalue weighted by Gasteiger charge is -2.24. The Morgan fingerprint density at radius 2 is 1.79 bits per heavy atom. The van der Waals surface area contributed by atoms with Gasteiger partial charge in [0.1, 0.15) is 0 Å². The highest BCUT2D eigenvalue weighted by molar-refractivity contribution is 6.80. The van der Waals surface area contributed by atoms with Gasteiger partial charge in [-0.25, -0.2) is 0 Å². The summed E-state index contributed by atoms with van der Waals surface area (Å²) in [5, 5.41) is 1.11. The van der Waals surface area contributed by atoms with Gasteiger partial charge in [0.05, 0.1) is 0 Å². The molecule has 0 aliphatic carbocycles. The van der Waals surface area contributed by atoms with Gasteiger partial charge in [-0.15, -0.1) is 11.6 Å². The fourth-order valence-corrected chi connectivity index (χ4v) is 3.49.